The van der Waals surface area contributed by atoms with Crippen LogP contribution in [0.3, 0.4) is 0 Å². The third kappa shape index (κ3) is 6.70. The highest BCUT2D eigenvalue weighted by Crippen LogP contribution is 2.23. The minimum absolute atomic E-state index is 0. The molecule has 6 nitrogen and oxygen atoms in total. The molecule has 0 amide bonds. The average molecular weight is 494 g/mol. The number of aliphatic imine (C=N–C) groups is 1. The normalized spacial score (nSPS) is 19.7. The van der Waals surface area contributed by atoms with Gasteiger partial charge in [0.1, 0.15) is 0 Å². The molecule has 1 aliphatic rings. The monoisotopic (exact) mass is 494 g/mol. The van der Waals surface area contributed by atoms with Gasteiger partial charge in [0.2, 0.25) is 10.0 Å². The molecule has 1 aromatic carbocycles. The summed E-state index contributed by atoms with van der Waals surface area (Å²) in [5, 5.41) is 3.10. The highest BCUT2D eigenvalue weighted by molar-refractivity contribution is 14.0. The maximum atomic E-state index is 12.7. The number of piperidine rings is 1. The largest absolute Gasteiger partial charge is 0.370 e. The van der Waals surface area contributed by atoms with Gasteiger partial charge >= 0.3 is 0 Å². The molecule has 3 N–H and O–H groups in total. The lowest BCUT2D eigenvalue weighted by atomic mass is 10.0. The van der Waals surface area contributed by atoms with Gasteiger partial charge in [-0.15, -0.1) is 24.0 Å². The van der Waals surface area contributed by atoms with Gasteiger partial charge in [0.25, 0.3) is 0 Å². The molecule has 1 heterocycles. The molecule has 1 fully saturated rings. The average Bonchev–Trinajstić information content (AvgIpc) is 2.52. The zero-order valence-electron chi connectivity index (χ0n) is 16.0. The molecule has 1 aliphatic heterocycles. The predicted molar refractivity (Wildman–Crippen MR) is 117 cm³/mol. The quantitative estimate of drug-likeness (QED) is 0.383. The van der Waals surface area contributed by atoms with Gasteiger partial charge in [-0.2, -0.15) is 4.31 Å². The Kier molecular flexibility index (Phi) is 8.34. The van der Waals surface area contributed by atoms with Crippen LogP contribution in [-0.4, -0.2) is 37.3 Å². The van der Waals surface area contributed by atoms with E-state index in [2.05, 4.69) is 17.2 Å². The zero-order chi connectivity index (χ0) is 18.7. The van der Waals surface area contributed by atoms with Crippen molar-refractivity contribution in [2.75, 3.05) is 13.1 Å². The number of halogens is 1. The van der Waals surface area contributed by atoms with E-state index >= 15 is 0 Å². The fourth-order valence-electron chi connectivity index (χ4n) is 2.88. The lowest BCUT2D eigenvalue weighted by Gasteiger charge is -2.30. The van der Waals surface area contributed by atoms with Crippen LogP contribution in [0.4, 0.5) is 0 Å². The van der Waals surface area contributed by atoms with Crippen molar-refractivity contribution in [1.82, 2.24) is 9.62 Å². The first-order valence-corrected chi connectivity index (χ1v) is 10.2. The van der Waals surface area contributed by atoms with Gasteiger partial charge in [0, 0.05) is 18.6 Å². The van der Waals surface area contributed by atoms with Crippen LogP contribution in [0.2, 0.25) is 0 Å². The first-order chi connectivity index (χ1) is 11.6. The number of nitrogens with one attached hydrogen (secondary N) is 1. The summed E-state index contributed by atoms with van der Waals surface area (Å²) in [6, 6.07) is 6.92. The Bertz CT molecular complexity index is 712. The minimum Gasteiger partial charge on any atom is -0.370 e. The maximum Gasteiger partial charge on any atom is 0.243 e. The van der Waals surface area contributed by atoms with Crippen molar-refractivity contribution in [1.29, 1.82) is 0 Å². The van der Waals surface area contributed by atoms with Crippen molar-refractivity contribution in [2.24, 2.45) is 16.6 Å². The summed E-state index contributed by atoms with van der Waals surface area (Å²) in [4.78, 5) is 4.64. The third-order valence-corrected chi connectivity index (χ3v) is 6.00. The molecule has 2 rings (SSSR count). The first-order valence-electron chi connectivity index (χ1n) is 8.75. The van der Waals surface area contributed by atoms with Crippen LogP contribution in [0.5, 0.6) is 0 Å². The molecule has 1 unspecified atom stereocenters. The number of guanidine groups is 1. The fourth-order valence-corrected chi connectivity index (χ4v) is 4.48. The number of hydrogen-bond acceptors (Lipinski definition) is 3. The van der Waals surface area contributed by atoms with Gasteiger partial charge in [-0.3, -0.25) is 0 Å². The summed E-state index contributed by atoms with van der Waals surface area (Å²) in [6.45, 7) is 9.75. The molecule has 0 bridgehead atoms. The van der Waals surface area contributed by atoms with Crippen molar-refractivity contribution >= 4 is 40.0 Å². The summed E-state index contributed by atoms with van der Waals surface area (Å²) in [7, 11) is -3.41. The standard InChI is InChI=1S/C18H30N4O2S.HI/c1-14-6-5-11-22(13-14)25(23,24)16-9-7-15(8-10-16)12-20-17(19)21-18(2,3)4;/h7-10,14H,5-6,11-13H2,1-4H3,(H3,19,20,21);1H. The van der Waals surface area contributed by atoms with Crippen molar-refractivity contribution < 1.29 is 8.42 Å². The molecule has 0 saturated carbocycles. The predicted octanol–water partition coefficient (Wildman–Crippen LogP) is 2.93. The maximum absolute atomic E-state index is 12.7. The van der Waals surface area contributed by atoms with Crippen molar-refractivity contribution in [3.63, 3.8) is 0 Å². The van der Waals surface area contributed by atoms with Gasteiger partial charge in [0.15, 0.2) is 5.96 Å². The molecule has 0 radical (unpaired) electrons. The topological polar surface area (TPSA) is 87.8 Å². The van der Waals surface area contributed by atoms with E-state index in [1.807, 2.05) is 20.8 Å². The van der Waals surface area contributed by atoms with Gasteiger partial charge in [-0.1, -0.05) is 19.1 Å². The molecular formula is C18H31IN4O2S. The van der Waals surface area contributed by atoms with E-state index in [0.29, 0.717) is 36.4 Å². The van der Waals surface area contributed by atoms with Gasteiger partial charge in [-0.05, 0) is 57.2 Å². The van der Waals surface area contributed by atoms with Crippen LogP contribution >= 0.6 is 24.0 Å². The van der Waals surface area contributed by atoms with Crippen LogP contribution < -0.4 is 11.1 Å². The molecule has 8 heteroatoms. The Morgan fingerprint density at radius 3 is 2.46 bits per heavy atom. The van der Waals surface area contributed by atoms with E-state index in [1.165, 1.54) is 0 Å². The van der Waals surface area contributed by atoms with E-state index in [4.69, 9.17) is 5.73 Å². The second kappa shape index (κ2) is 9.36. The van der Waals surface area contributed by atoms with E-state index in [0.717, 1.165) is 18.4 Å². The number of nitrogens with zero attached hydrogens (tertiary/aromatic N) is 2. The highest BCUT2D eigenvalue weighted by Gasteiger charge is 2.28. The van der Waals surface area contributed by atoms with Crippen LogP contribution in [0.1, 0.15) is 46.1 Å². The number of nitrogens with two attached hydrogens (primary N) is 1. The number of rotatable bonds is 4. The Balaban J connectivity index is 0.00000338. The molecule has 148 valence electrons. The van der Waals surface area contributed by atoms with Gasteiger partial charge < -0.3 is 11.1 Å². The summed E-state index contributed by atoms with van der Waals surface area (Å²) in [5.41, 5.74) is 6.63. The van der Waals surface area contributed by atoms with Gasteiger partial charge in [-0.25, -0.2) is 13.4 Å². The van der Waals surface area contributed by atoms with Crippen LogP contribution in [0, 0.1) is 5.92 Å². The van der Waals surface area contributed by atoms with Crippen LogP contribution in [0.25, 0.3) is 0 Å². The minimum atomic E-state index is -3.41. The Morgan fingerprint density at radius 1 is 1.31 bits per heavy atom. The number of benzene rings is 1. The Labute approximate surface area is 174 Å². The van der Waals surface area contributed by atoms with Gasteiger partial charge in [0.05, 0.1) is 11.4 Å². The summed E-state index contributed by atoms with van der Waals surface area (Å²) < 4.78 is 27.1. The number of sulfonamides is 1. The number of hydrogen-bond donors (Lipinski definition) is 2. The van der Waals surface area contributed by atoms with E-state index in [9.17, 15) is 8.42 Å². The Hall–Kier alpha value is -0.870. The molecule has 0 aliphatic carbocycles. The SMILES string of the molecule is CC1CCCN(S(=O)(=O)c2ccc(CN=C(N)NC(C)(C)C)cc2)C1.I. The molecule has 26 heavy (non-hydrogen) atoms. The first kappa shape index (κ1) is 23.2. The molecule has 1 saturated heterocycles. The molecule has 0 spiro atoms. The van der Waals surface area contributed by atoms with E-state index in [1.54, 1.807) is 28.6 Å². The molecule has 1 aromatic rings. The fraction of sp³-hybridized carbons (Fsp3) is 0.611. The van der Waals surface area contributed by atoms with Crippen molar-refractivity contribution in [3.05, 3.63) is 29.8 Å². The molecule has 1 atom stereocenters. The van der Waals surface area contributed by atoms with E-state index < -0.39 is 10.0 Å². The molecule has 0 aromatic heterocycles. The lowest BCUT2D eigenvalue weighted by Crippen LogP contribution is -2.44. The molecular weight excluding hydrogens is 463 g/mol. The van der Waals surface area contributed by atoms with E-state index in [-0.39, 0.29) is 29.5 Å². The summed E-state index contributed by atoms with van der Waals surface area (Å²) >= 11 is 0. The zero-order valence-corrected chi connectivity index (χ0v) is 19.2. The Morgan fingerprint density at radius 2 is 1.92 bits per heavy atom. The third-order valence-electron chi connectivity index (χ3n) is 4.12. The summed E-state index contributed by atoms with van der Waals surface area (Å²) in [6.07, 6.45) is 2.01. The summed E-state index contributed by atoms with van der Waals surface area (Å²) in [5.74, 6) is 0.793. The lowest BCUT2D eigenvalue weighted by molar-refractivity contribution is 0.281. The smallest absolute Gasteiger partial charge is 0.243 e. The van der Waals surface area contributed by atoms with Crippen molar-refractivity contribution in [3.8, 4) is 0 Å². The highest BCUT2D eigenvalue weighted by atomic mass is 127. The second-order valence-electron chi connectivity index (χ2n) is 7.83. The van der Waals surface area contributed by atoms with Crippen LogP contribution in [0.15, 0.2) is 34.2 Å². The van der Waals surface area contributed by atoms with Crippen molar-refractivity contribution in [2.45, 2.75) is 57.5 Å². The van der Waals surface area contributed by atoms with Crippen LogP contribution in [-0.2, 0) is 16.6 Å². The second-order valence-corrected chi connectivity index (χ2v) is 9.77.